The van der Waals surface area contributed by atoms with Crippen LogP contribution in [-0.4, -0.2) is 18.3 Å². The SMILES string of the molecule is NCC1CSc2ccc(F)cc2N1. The van der Waals surface area contributed by atoms with Crippen molar-refractivity contribution in [2.45, 2.75) is 10.9 Å². The third-order valence-electron chi connectivity index (χ3n) is 2.03. The van der Waals surface area contributed by atoms with E-state index in [1.165, 1.54) is 12.1 Å². The van der Waals surface area contributed by atoms with Crippen LogP contribution in [0.25, 0.3) is 0 Å². The number of anilines is 1. The lowest BCUT2D eigenvalue weighted by molar-refractivity contribution is 0.626. The summed E-state index contributed by atoms with van der Waals surface area (Å²) in [5, 5.41) is 3.20. The number of hydrogen-bond acceptors (Lipinski definition) is 3. The van der Waals surface area contributed by atoms with Crippen LogP contribution in [0.4, 0.5) is 10.1 Å². The Kier molecular flexibility index (Phi) is 2.42. The molecule has 1 aliphatic rings. The van der Waals surface area contributed by atoms with Gasteiger partial charge in [-0.15, -0.1) is 11.8 Å². The second kappa shape index (κ2) is 3.55. The lowest BCUT2D eigenvalue weighted by atomic mass is 10.2. The van der Waals surface area contributed by atoms with Gasteiger partial charge in [0.05, 0.1) is 5.69 Å². The normalized spacial score (nSPS) is 20.6. The van der Waals surface area contributed by atoms with Gasteiger partial charge in [0.15, 0.2) is 0 Å². The first-order valence-electron chi connectivity index (χ1n) is 4.18. The molecule has 13 heavy (non-hydrogen) atoms. The number of hydrogen-bond donors (Lipinski definition) is 2. The second-order valence-corrected chi connectivity index (χ2v) is 4.09. The standard InChI is InChI=1S/C9H11FN2S/c10-6-1-2-9-8(3-6)12-7(4-11)5-13-9/h1-3,7,12H,4-5,11H2. The van der Waals surface area contributed by atoms with Crippen molar-refractivity contribution < 1.29 is 4.39 Å². The van der Waals surface area contributed by atoms with Gasteiger partial charge in [0.25, 0.3) is 0 Å². The molecule has 1 aromatic carbocycles. The van der Waals surface area contributed by atoms with Crippen LogP contribution in [0.15, 0.2) is 23.1 Å². The first-order valence-corrected chi connectivity index (χ1v) is 5.17. The van der Waals surface area contributed by atoms with Crippen molar-refractivity contribution in [2.24, 2.45) is 5.73 Å². The highest BCUT2D eigenvalue weighted by atomic mass is 32.2. The Bertz CT molecular complexity index is 316. The van der Waals surface area contributed by atoms with E-state index in [-0.39, 0.29) is 11.9 Å². The molecule has 0 aliphatic carbocycles. The molecular formula is C9H11FN2S. The molecule has 0 spiro atoms. The number of benzene rings is 1. The van der Waals surface area contributed by atoms with Gasteiger partial charge in [0, 0.05) is 23.2 Å². The molecule has 3 N–H and O–H groups in total. The molecular weight excluding hydrogens is 187 g/mol. The minimum absolute atomic E-state index is 0.204. The summed E-state index contributed by atoms with van der Waals surface area (Å²) in [4.78, 5) is 1.10. The van der Waals surface area contributed by atoms with Gasteiger partial charge in [-0.25, -0.2) is 4.39 Å². The van der Waals surface area contributed by atoms with Crippen LogP contribution in [0.3, 0.4) is 0 Å². The van der Waals surface area contributed by atoms with Crippen molar-refractivity contribution in [3.8, 4) is 0 Å². The van der Waals surface area contributed by atoms with Crippen LogP contribution in [0.5, 0.6) is 0 Å². The Balaban J connectivity index is 2.27. The summed E-state index contributed by atoms with van der Waals surface area (Å²) in [6, 6.07) is 5.06. The Labute approximate surface area is 80.7 Å². The van der Waals surface area contributed by atoms with Crippen LogP contribution in [0, 0.1) is 5.82 Å². The molecule has 70 valence electrons. The summed E-state index contributed by atoms with van der Waals surface area (Å²) in [6.07, 6.45) is 0. The summed E-state index contributed by atoms with van der Waals surface area (Å²) >= 11 is 1.72. The van der Waals surface area contributed by atoms with E-state index in [4.69, 9.17) is 5.73 Å². The summed E-state index contributed by atoms with van der Waals surface area (Å²) in [6.45, 7) is 0.586. The molecule has 0 bridgehead atoms. The van der Waals surface area contributed by atoms with E-state index < -0.39 is 0 Å². The van der Waals surface area contributed by atoms with Crippen LogP contribution in [-0.2, 0) is 0 Å². The minimum atomic E-state index is -0.204. The molecule has 1 aromatic rings. The average molecular weight is 198 g/mol. The van der Waals surface area contributed by atoms with Crippen LogP contribution in [0.1, 0.15) is 0 Å². The minimum Gasteiger partial charge on any atom is -0.379 e. The highest BCUT2D eigenvalue weighted by Crippen LogP contribution is 2.33. The Morgan fingerprint density at radius 1 is 1.62 bits per heavy atom. The van der Waals surface area contributed by atoms with E-state index in [0.29, 0.717) is 6.54 Å². The van der Waals surface area contributed by atoms with Gasteiger partial charge in [0.1, 0.15) is 5.82 Å². The van der Waals surface area contributed by atoms with Gasteiger partial charge in [-0.2, -0.15) is 0 Å². The zero-order valence-corrected chi connectivity index (χ0v) is 7.90. The zero-order valence-electron chi connectivity index (χ0n) is 7.09. The highest BCUT2D eigenvalue weighted by Gasteiger charge is 2.16. The molecule has 0 amide bonds. The number of rotatable bonds is 1. The fraction of sp³-hybridized carbons (Fsp3) is 0.333. The van der Waals surface area contributed by atoms with E-state index in [9.17, 15) is 4.39 Å². The topological polar surface area (TPSA) is 38.0 Å². The Morgan fingerprint density at radius 3 is 3.23 bits per heavy atom. The molecule has 0 fully saturated rings. The highest BCUT2D eigenvalue weighted by molar-refractivity contribution is 7.99. The Hall–Kier alpha value is -0.740. The summed E-state index contributed by atoms with van der Waals surface area (Å²) in [5.74, 6) is 0.749. The van der Waals surface area contributed by atoms with E-state index >= 15 is 0 Å². The molecule has 1 unspecified atom stereocenters. The predicted molar refractivity (Wildman–Crippen MR) is 53.6 cm³/mol. The van der Waals surface area contributed by atoms with Crippen molar-refractivity contribution >= 4 is 17.4 Å². The maximum Gasteiger partial charge on any atom is 0.125 e. The van der Waals surface area contributed by atoms with Gasteiger partial charge in [-0.05, 0) is 18.2 Å². The van der Waals surface area contributed by atoms with Crippen molar-refractivity contribution in [3.63, 3.8) is 0 Å². The van der Waals surface area contributed by atoms with Crippen LogP contribution >= 0.6 is 11.8 Å². The molecule has 4 heteroatoms. The predicted octanol–water partition coefficient (Wildman–Crippen LogP) is 1.67. The number of nitrogens with two attached hydrogens (primary N) is 1. The largest absolute Gasteiger partial charge is 0.379 e. The summed E-state index contributed by atoms with van der Waals surface area (Å²) in [7, 11) is 0. The van der Waals surface area contributed by atoms with Gasteiger partial charge in [-0.3, -0.25) is 0 Å². The first-order chi connectivity index (χ1) is 6.29. The summed E-state index contributed by atoms with van der Waals surface area (Å²) in [5.41, 5.74) is 6.40. The van der Waals surface area contributed by atoms with Crippen molar-refractivity contribution in [1.82, 2.24) is 0 Å². The molecule has 0 saturated carbocycles. The maximum absolute atomic E-state index is 12.8. The van der Waals surface area contributed by atoms with E-state index in [0.717, 1.165) is 16.3 Å². The van der Waals surface area contributed by atoms with Crippen LogP contribution < -0.4 is 11.1 Å². The molecule has 2 nitrogen and oxygen atoms in total. The monoisotopic (exact) mass is 198 g/mol. The maximum atomic E-state index is 12.8. The van der Waals surface area contributed by atoms with Gasteiger partial charge >= 0.3 is 0 Å². The number of nitrogens with one attached hydrogen (secondary N) is 1. The molecule has 1 heterocycles. The smallest absolute Gasteiger partial charge is 0.125 e. The fourth-order valence-corrected chi connectivity index (χ4v) is 2.36. The van der Waals surface area contributed by atoms with E-state index in [1.807, 2.05) is 0 Å². The molecule has 2 rings (SSSR count). The third kappa shape index (κ3) is 1.78. The third-order valence-corrected chi connectivity index (χ3v) is 3.26. The van der Waals surface area contributed by atoms with Crippen molar-refractivity contribution in [2.75, 3.05) is 17.6 Å². The zero-order chi connectivity index (χ0) is 9.26. The molecule has 0 radical (unpaired) electrons. The fourth-order valence-electron chi connectivity index (χ4n) is 1.32. The van der Waals surface area contributed by atoms with E-state index in [2.05, 4.69) is 5.32 Å². The van der Waals surface area contributed by atoms with Crippen molar-refractivity contribution in [3.05, 3.63) is 24.0 Å². The molecule has 0 saturated heterocycles. The van der Waals surface area contributed by atoms with Gasteiger partial charge in [-0.1, -0.05) is 0 Å². The van der Waals surface area contributed by atoms with Gasteiger partial charge < -0.3 is 11.1 Å². The van der Waals surface area contributed by atoms with Crippen molar-refractivity contribution in [1.29, 1.82) is 0 Å². The van der Waals surface area contributed by atoms with Crippen LogP contribution in [0.2, 0.25) is 0 Å². The molecule has 1 atom stereocenters. The summed E-state index contributed by atoms with van der Waals surface area (Å²) < 4.78 is 12.8. The quantitative estimate of drug-likeness (QED) is 0.721. The number of thioether (sulfide) groups is 1. The lowest BCUT2D eigenvalue weighted by Crippen LogP contribution is -2.33. The lowest BCUT2D eigenvalue weighted by Gasteiger charge is -2.25. The second-order valence-electron chi connectivity index (χ2n) is 3.03. The Morgan fingerprint density at radius 2 is 2.46 bits per heavy atom. The average Bonchev–Trinajstić information content (AvgIpc) is 2.16. The number of halogens is 1. The first kappa shape index (κ1) is 8.84. The molecule has 0 aromatic heterocycles. The molecule has 1 aliphatic heterocycles. The van der Waals surface area contributed by atoms with Gasteiger partial charge in [0.2, 0.25) is 0 Å². The number of fused-ring (bicyclic) bond motifs is 1. The van der Waals surface area contributed by atoms with E-state index in [1.54, 1.807) is 17.8 Å².